The minimum atomic E-state index is -3.88. The highest BCUT2D eigenvalue weighted by Gasteiger charge is 2.33. The van der Waals surface area contributed by atoms with Gasteiger partial charge in [0.1, 0.15) is 10.7 Å². The van der Waals surface area contributed by atoms with Gasteiger partial charge < -0.3 is 10.2 Å². The minimum Gasteiger partial charge on any atom is -0.345 e. The maximum Gasteiger partial charge on any atom is 0.286 e. The van der Waals surface area contributed by atoms with Crippen molar-refractivity contribution >= 4 is 39.1 Å². The average Bonchev–Trinajstić information content (AvgIpc) is 2.98. The number of carbonyl (C=O) groups excluding carboxylic acids is 1. The number of carbonyl (C=O) groups is 1. The van der Waals surface area contributed by atoms with Crippen LogP contribution in [0.5, 0.6) is 0 Å². The van der Waals surface area contributed by atoms with Gasteiger partial charge in [-0.1, -0.05) is 61.7 Å². The zero-order valence-corrected chi connectivity index (χ0v) is 19.0. The van der Waals surface area contributed by atoms with Gasteiger partial charge in [-0.2, -0.15) is 8.42 Å². The number of rotatable bonds is 5. The first-order chi connectivity index (χ1) is 14.9. The van der Waals surface area contributed by atoms with Crippen LogP contribution >= 0.6 is 11.6 Å². The molecule has 0 unspecified atom stereocenters. The second-order valence-corrected chi connectivity index (χ2v) is 9.95. The third-order valence-corrected chi connectivity index (χ3v) is 7.41. The smallest absolute Gasteiger partial charge is 0.286 e. The third kappa shape index (κ3) is 4.48. The van der Waals surface area contributed by atoms with Crippen LogP contribution in [0.1, 0.15) is 67.4 Å². The van der Waals surface area contributed by atoms with Gasteiger partial charge in [0.2, 0.25) is 0 Å². The topological polar surface area (TPSA) is 78.8 Å². The number of nitrogens with one attached hydrogen (secondary N) is 1. The van der Waals surface area contributed by atoms with Crippen molar-refractivity contribution in [1.29, 1.82) is 0 Å². The maximum absolute atomic E-state index is 13.1. The Balaban J connectivity index is 1.69. The molecule has 0 radical (unpaired) electrons. The molecule has 0 aliphatic carbocycles. The summed E-state index contributed by atoms with van der Waals surface area (Å²) in [6.45, 7) is 2.74. The van der Waals surface area contributed by atoms with E-state index in [0.717, 1.165) is 37.7 Å². The minimum absolute atomic E-state index is 0.0412. The number of nitrogens with zero attached hydrogens (tertiary/aromatic N) is 2. The van der Waals surface area contributed by atoms with Crippen molar-refractivity contribution in [3.05, 3.63) is 58.6 Å². The van der Waals surface area contributed by atoms with E-state index in [4.69, 9.17) is 11.6 Å². The van der Waals surface area contributed by atoms with Crippen LogP contribution in [-0.2, 0) is 10.0 Å². The number of amides is 1. The van der Waals surface area contributed by atoms with Crippen LogP contribution in [0.15, 0.2) is 51.8 Å². The van der Waals surface area contributed by atoms with Crippen molar-refractivity contribution in [2.45, 2.75) is 56.4 Å². The first-order valence-corrected chi connectivity index (χ1v) is 12.5. The highest BCUT2D eigenvalue weighted by Crippen LogP contribution is 2.38. The fourth-order valence-corrected chi connectivity index (χ4v) is 5.71. The first-order valence-electron chi connectivity index (χ1n) is 10.7. The van der Waals surface area contributed by atoms with Crippen molar-refractivity contribution < 1.29 is 13.2 Å². The van der Waals surface area contributed by atoms with Gasteiger partial charge in [-0.15, -0.1) is 4.40 Å². The molecule has 0 aromatic heterocycles. The zero-order chi connectivity index (χ0) is 22.0. The summed E-state index contributed by atoms with van der Waals surface area (Å²) in [5.41, 5.74) is 1.66. The summed E-state index contributed by atoms with van der Waals surface area (Å²) in [7, 11) is -3.88. The largest absolute Gasteiger partial charge is 0.345 e. The van der Waals surface area contributed by atoms with Gasteiger partial charge in [-0.3, -0.25) is 4.79 Å². The summed E-state index contributed by atoms with van der Waals surface area (Å²) in [6, 6.07) is 12.5. The Morgan fingerprint density at radius 2 is 1.97 bits per heavy atom. The van der Waals surface area contributed by atoms with Gasteiger partial charge in [0.05, 0.1) is 22.3 Å². The summed E-state index contributed by atoms with van der Waals surface area (Å²) in [5.74, 6) is 0.168. The number of hydrogen-bond acceptors (Lipinski definition) is 4. The normalized spacial score (nSPS) is 18.3. The summed E-state index contributed by atoms with van der Waals surface area (Å²) in [5, 5.41) is 3.26. The van der Waals surface area contributed by atoms with Crippen molar-refractivity contribution in [2.24, 2.45) is 4.40 Å². The number of sulfonamides is 1. The molecule has 1 saturated heterocycles. The monoisotopic (exact) mass is 459 g/mol. The van der Waals surface area contributed by atoms with Crippen molar-refractivity contribution in [1.82, 2.24) is 5.32 Å². The fraction of sp³-hybridized carbons (Fsp3) is 0.391. The summed E-state index contributed by atoms with van der Waals surface area (Å²) < 4.78 is 29.8. The Morgan fingerprint density at radius 1 is 1.19 bits per heavy atom. The average molecular weight is 460 g/mol. The van der Waals surface area contributed by atoms with E-state index in [-0.39, 0.29) is 21.5 Å². The lowest BCUT2D eigenvalue weighted by atomic mass is 10.0. The van der Waals surface area contributed by atoms with Crippen LogP contribution < -0.4 is 10.2 Å². The van der Waals surface area contributed by atoms with Crippen molar-refractivity contribution in [3.8, 4) is 0 Å². The Morgan fingerprint density at radius 3 is 2.71 bits per heavy atom. The van der Waals surface area contributed by atoms with E-state index < -0.39 is 15.9 Å². The summed E-state index contributed by atoms with van der Waals surface area (Å²) in [6.07, 6.45) is 5.16. The van der Waals surface area contributed by atoms with Crippen LogP contribution in [0.2, 0.25) is 5.02 Å². The molecule has 8 heteroatoms. The molecule has 1 amide bonds. The number of amidine groups is 1. The van der Waals surface area contributed by atoms with Crippen LogP contribution in [0.4, 0.5) is 5.69 Å². The number of anilines is 1. The molecule has 1 atom stereocenters. The van der Waals surface area contributed by atoms with Crippen LogP contribution in [0, 0.1) is 0 Å². The highest BCUT2D eigenvalue weighted by molar-refractivity contribution is 7.90. The number of fused-ring (bicyclic) bond motifs is 3. The molecule has 0 saturated carbocycles. The lowest BCUT2D eigenvalue weighted by Gasteiger charge is -2.30. The molecule has 164 valence electrons. The van der Waals surface area contributed by atoms with Crippen molar-refractivity contribution in [3.63, 3.8) is 0 Å². The third-order valence-electron chi connectivity index (χ3n) is 5.77. The quantitative estimate of drug-likeness (QED) is 0.675. The maximum atomic E-state index is 13.1. The SMILES string of the molecule is CCC[C@@H](NC(=O)c1cc2c(cc1Cl)N1CCCCCC1=NS2(=O)=O)c1ccccc1. The predicted molar refractivity (Wildman–Crippen MR) is 123 cm³/mol. The van der Waals surface area contributed by atoms with E-state index in [0.29, 0.717) is 24.5 Å². The number of benzene rings is 2. The Hall–Kier alpha value is -2.38. The van der Waals surface area contributed by atoms with E-state index in [1.165, 1.54) is 6.07 Å². The van der Waals surface area contributed by atoms with E-state index in [2.05, 4.69) is 16.6 Å². The van der Waals surface area contributed by atoms with Gasteiger partial charge in [0.25, 0.3) is 15.9 Å². The molecular formula is C23H26ClN3O3S. The second kappa shape index (κ2) is 9.01. The molecule has 2 aliphatic heterocycles. The molecule has 2 aromatic carbocycles. The van der Waals surface area contributed by atoms with E-state index >= 15 is 0 Å². The molecule has 0 bridgehead atoms. The van der Waals surface area contributed by atoms with Gasteiger partial charge in [-0.25, -0.2) is 0 Å². The lowest BCUT2D eigenvalue weighted by Crippen LogP contribution is -2.36. The van der Waals surface area contributed by atoms with Gasteiger partial charge in [-0.05, 0) is 37.0 Å². The van der Waals surface area contributed by atoms with Crippen LogP contribution in [0.3, 0.4) is 0 Å². The van der Waals surface area contributed by atoms with Gasteiger partial charge in [0.15, 0.2) is 0 Å². The summed E-state index contributed by atoms with van der Waals surface area (Å²) >= 11 is 6.51. The first kappa shape index (κ1) is 21.8. The molecule has 4 rings (SSSR count). The predicted octanol–water partition coefficient (Wildman–Crippen LogP) is 5.09. The molecule has 2 aromatic rings. The van der Waals surface area contributed by atoms with Crippen LogP contribution in [0.25, 0.3) is 0 Å². The molecule has 31 heavy (non-hydrogen) atoms. The van der Waals surface area contributed by atoms with E-state index in [1.807, 2.05) is 35.2 Å². The molecule has 0 spiro atoms. The second-order valence-electron chi connectivity index (χ2n) is 7.97. The molecule has 6 nitrogen and oxygen atoms in total. The van der Waals surface area contributed by atoms with Crippen LogP contribution in [-0.4, -0.2) is 26.7 Å². The van der Waals surface area contributed by atoms with Gasteiger partial charge in [0, 0.05) is 13.0 Å². The number of hydrogen-bond donors (Lipinski definition) is 1. The lowest BCUT2D eigenvalue weighted by molar-refractivity contribution is 0.0934. The molecule has 1 fully saturated rings. The Labute approximate surface area is 188 Å². The van der Waals surface area contributed by atoms with Gasteiger partial charge >= 0.3 is 0 Å². The Bertz CT molecular complexity index is 1120. The Kier molecular flexibility index (Phi) is 6.34. The zero-order valence-electron chi connectivity index (χ0n) is 17.5. The van der Waals surface area contributed by atoms with Crippen molar-refractivity contribution in [2.75, 3.05) is 11.4 Å². The van der Waals surface area contributed by atoms with E-state index in [9.17, 15) is 13.2 Å². The standard InChI is InChI=1S/C23H26ClN3O3S/c1-2-9-19(16-10-5-3-6-11-16)25-23(28)17-14-21-20(15-18(17)24)27-13-8-4-7-12-22(27)26-31(21,29)30/h3,5-6,10-11,14-15,19H,2,4,7-9,12-13H2,1H3,(H,25,28)/t19-/m1/s1. The summed E-state index contributed by atoms with van der Waals surface area (Å²) in [4.78, 5) is 15.1. The molecular weight excluding hydrogens is 434 g/mol. The fourth-order valence-electron chi connectivity index (χ4n) is 4.20. The van der Waals surface area contributed by atoms with E-state index in [1.54, 1.807) is 6.07 Å². The molecule has 1 N–H and O–H groups in total. The molecule has 2 aliphatic rings. The number of halogens is 1. The highest BCUT2D eigenvalue weighted by atomic mass is 35.5. The molecule has 2 heterocycles.